The number of aliphatic hydroxyl groups excluding tert-OH is 2. The summed E-state index contributed by atoms with van der Waals surface area (Å²) in [5.74, 6) is 1.49. The van der Waals surface area contributed by atoms with E-state index in [1.54, 1.807) is 0 Å². The summed E-state index contributed by atoms with van der Waals surface area (Å²) in [5.41, 5.74) is 0. The monoisotopic (exact) mass is 562 g/mol. The molecule has 3 N–H and O–H groups in total. The number of unbranched alkanes of at least 4 members (excludes halogenated alkanes) is 1. The topological polar surface area (TPSA) is 102 Å². The number of nitrogens with one attached hydrogen (secondary N) is 1. The second-order valence-electron chi connectivity index (χ2n) is 9.57. The van der Waals surface area contributed by atoms with E-state index in [-0.39, 0.29) is 12.2 Å². The van der Waals surface area contributed by atoms with Crippen molar-refractivity contribution in [3.05, 3.63) is 60.7 Å². The number of ether oxygens (including phenoxy) is 5. The van der Waals surface area contributed by atoms with Crippen molar-refractivity contribution >= 4 is 0 Å². The van der Waals surface area contributed by atoms with Gasteiger partial charge in [-0.2, -0.15) is 0 Å². The molecule has 0 fully saturated rings. The Morgan fingerprint density at radius 1 is 0.700 bits per heavy atom. The normalized spacial score (nSPS) is 13.7. The Balaban J connectivity index is 1.91. The van der Waals surface area contributed by atoms with Crippen molar-refractivity contribution in [1.82, 2.24) is 10.2 Å². The third kappa shape index (κ3) is 15.5. The van der Waals surface area contributed by atoms with Crippen molar-refractivity contribution in [2.75, 3.05) is 66.1 Å². The van der Waals surface area contributed by atoms with Crippen molar-refractivity contribution in [3.63, 3.8) is 0 Å². The SMILES string of the molecule is CCOC(CC)CCCCNCCN(CC(COc1ccccc1)OCO)CC(COc1ccccc1)OCO. The Morgan fingerprint density at radius 3 is 1.73 bits per heavy atom. The fraction of sp³-hybridized carbons (Fsp3) is 0.613. The second kappa shape index (κ2) is 22.4. The molecular formula is C31H50N2O7. The minimum Gasteiger partial charge on any atom is -0.491 e. The number of para-hydroxylation sites is 2. The van der Waals surface area contributed by atoms with Crippen molar-refractivity contribution in [2.45, 2.75) is 57.8 Å². The number of rotatable bonds is 25. The van der Waals surface area contributed by atoms with Crippen LogP contribution in [0.2, 0.25) is 0 Å². The molecule has 3 atom stereocenters. The Morgan fingerprint density at radius 2 is 1.25 bits per heavy atom. The van der Waals surface area contributed by atoms with E-state index in [0.29, 0.717) is 32.4 Å². The summed E-state index contributed by atoms with van der Waals surface area (Å²) in [5, 5.41) is 22.6. The molecule has 3 unspecified atom stereocenters. The molecule has 0 amide bonds. The summed E-state index contributed by atoms with van der Waals surface area (Å²) in [4.78, 5) is 2.19. The number of aliphatic hydroxyl groups is 2. The van der Waals surface area contributed by atoms with Gasteiger partial charge in [-0.25, -0.2) is 0 Å². The maximum absolute atomic E-state index is 9.51. The van der Waals surface area contributed by atoms with Crippen LogP contribution >= 0.6 is 0 Å². The standard InChI is InChI=1S/C31H50N2O7/c1-3-27(36-4-2)13-11-12-18-32-19-20-33(21-30(39-25-34)23-37-28-14-7-5-8-15-28)22-31(40-26-35)24-38-29-16-9-6-10-17-29/h5-10,14-17,27,30-32,34-35H,3-4,11-13,18-26H2,1-2H3. The van der Waals surface area contributed by atoms with Crippen LogP contribution in [0.15, 0.2) is 60.7 Å². The molecule has 0 saturated heterocycles. The molecule has 2 aromatic rings. The second-order valence-corrected chi connectivity index (χ2v) is 9.57. The molecule has 0 radical (unpaired) electrons. The lowest BCUT2D eigenvalue weighted by Gasteiger charge is -2.30. The van der Waals surface area contributed by atoms with Gasteiger partial charge in [-0.3, -0.25) is 4.90 Å². The van der Waals surface area contributed by atoms with Crippen molar-refractivity contribution < 1.29 is 33.9 Å². The number of nitrogens with zero attached hydrogens (tertiary/aromatic N) is 1. The highest BCUT2D eigenvalue weighted by molar-refractivity contribution is 5.21. The minimum absolute atomic E-state index is 0.291. The highest BCUT2D eigenvalue weighted by atomic mass is 16.6. The predicted molar refractivity (Wildman–Crippen MR) is 157 cm³/mol. The van der Waals surface area contributed by atoms with Gasteiger partial charge in [0.2, 0.25) is 0 Å². The molecule has 0 heterocycles. The number of hydrogen-bond donors (Lipinski definition) is 3. The molecular weight excluding hydrogens is 512 g/mol. The van der Waals surface area contributed by atoms with E-state index >= 15 is 0 Å². The average molecular weight is 563 g/mol. The molecule has 0 spiro atoms. The van der Waals surface area contributed by atoms with Crippen LogP contribution in [0.3, 0.4) is 0 Å². The van der Waals surface area contributed by atoms with Gasteiger partial charge in [-0.15, -0.1) is 0 Å². The zero-order valence-corrected chi connectivity index (χ0v) is 24.3. The third-order valence-corrected chi connectivity index (χ3v) is 6.49. The van der Waals surface area contributed by atoms with Crippen LogP contribution in [0, 0.1) is 0 Å². The van der Waals surface area contributed by atoms with Crippen LogP contribution < -0.4 is 14.8 Å². The largest absolute Gasteiger partial charge is 0.491 e. The van der Waals surface area contributed by atoms with Gasteiger partial charge in [-0.05, 0) is 63.4 Å². The summed E-state index contributed by atoms with van der Waals surface area (Å²) in [7, 11) is 0. The van der Waals surface area contributed by atoms with Crippen LogP contribution in [0.5, 0.6) is 11.5 Å². The lowest BCUT2D eigenvalue weighted by Crippen LogP contribution is -2.46. The number of hydrogen-bond acceptors (Lipinski definition) is 9. The molecule has 0 bridgehead atoms. The van der Waals surface area contributed by atoms with E-state index in [1.807, 2.05) is 67.6 Å². The maximum atomic E-state index is 9.51. The van der Waals surface area contributed by atoms with E-state index in [0.717, 1.165) is 63.4 Å². The molecule has 0 aliphatic heterocycles. The Hall–Kier alpha value is -2.24. The van der Waals surface area contributed by atoms with Gasteiger partial charge in [0, 0.05) is 32.8 Å². The summed E-state index contributed by atoms with van der Waals surface area (Å²) in [6.45, 7) is 8.22. The molecule has 0 aliphatic rings. The van der Waals surface area contributed by atoms with E-state index < -0.39 is 13.6 Å². The first-order valence-corrected chi connectivity index (χ1v) is 14.5. The minimum atomic E-state index is -0.400. The highest BCUT2D eigenvalue weighted by Gasteiger charge is 2.21. The van der Waals surface area contributed by atoms with Gasteiger partial charge < -0.3 is 39.2 Å². The lowest BCUT2D eigenvalue weighted by molar-refractivity contribution is -0.0944. The summed E-state index contributed by atoms with van der Waals surface area (Å²) >= 11 is 0. The molecule has 0 aliphatic carbocycles. The zero-order valence-electron chi connectivity index (χ0n) is 24.3. The van der Waals surface area contributed by atoms with Crippen molar-refractivity contribution in [3.8, 4) is 11.5 Å². The van der Waals surface area contributed by atoms with Crippen molar-refractivity contribution in [1.29, 1.82) is 0 Å². The van der Waals surface area contributed by atoms with Gasteiger partial charge in [0.25, 0.3) is 0 Å². The fourth-order valence-electron chi connectivity index (χ4n) is 4.39. The van der Waals surface area contributed by atoms with Gasteiger partial charge in [0.05, 0.1) is 6.10 Å². The smallest absolute Gasteiger partial charge is 0.144 e. The first kappa shape index (κ1) is 34.0. The molecule has 2 rings (SSSR count). The molecule has 9 nitrogen and oxygen atoms in total. The van der Waals surface area contributed by atoms with E-state index in [4.69, 9.17) is 23.7 Å². The van der Waals surface area contributed by atoms with Crippen molar-refractivity contribution in [2.24, 2.45) is 0 Å². The first-order valence-electron chi connectivity index (χ1n) is 14.5. The van der Waals surface area contributed by atoms with Crippen LogP contribution in [0.1, 0.15) is 39.5 Å². The molecule has 9 heteroatoms. The van der Waals surface area contributed by atoms with E-state index in [1.165, 1.54) is 0 Å². The summed E-state index contributed by atoms with van der Waals surface area (Å²) in [6, 6.07) is 19.1. The fourth-order valence-corrected chi connectivity index (χ4v) is 4.39. The van der Waals surface area contributed by atoms with Gasteiger partial charge >= 0.3 is 0 Å². The van der Waals surface area contributed by atoms with Crippen LogP contribution in [0.25, 0.3) is 0 Å². The third-order valence-electron chi connectivity index (χ3n) is 6.49. The maximum Gasteiger partial charge on any atom is 0.144 e. The van der Waals surface area contributed by atoms with Crippen LogP contribution in [0.4, 0.5) is 0 Å². The zero-order chi connectivity index (χ0) is 28.7. The number of benzene rings is 2. The van der Waals surface area contributed by atoms with E-state index in [2.05, 4.69) is 17.1 Å². The van der Waals surface area contributed by atoms with Gasteiger partial charge in [0.15, 0.2) is 0 Å². The molecule has 40 heavy (non-hydrogen) atoms. The van der Waals surface area contributed by atoms with Gasteiger partial charge in [0.1, 0.15) is 50.5 Å². The predicted octanol–water partition coefficient (Wildman–Crippen LogP) is 3.69. The van der Waals surface area contributed by atoms with Crippen LogP contribution in [-0.2, 0) is 14.2 Å². The van der Waals surface area contributed by atoms with E-state index in [9.17, 15) is 10.2 Å². The summed E-state index contributed by atoms with van der Waals surface area (Å²) < 4.78 is 28.8. The summed E-state index contributed by atoms with van der Waals surface area (Å²) in [6.07, 6.45) is 3.98. The Kier molecular flexibility index (Phi) is 19.1. The Labute approximate surface area is 240 Å². The van der Waals surface area contributed by atoms with Crippen LogP contribution in [-0.4, -0.2) is 99.6 Å². The molecule has 0 saturated carbocycles. The molecule has 226 valence electrons. The average Bonchev–Trinajstić information content (AvgIpc) is 2.98. The Bertz CT molecular complexity index is 775. The lowest BCUT2D eigenvalue weighted by atomic mass is 10.1. The first-order chi connectivity index (χ1) is 19.7. The highest BCUT2D eigenvalue weighted by Crippen LogP contribution is 2.12. The van der Waals surface area contributed by atoms with Gasteiger partial charge in [-0.1, -0.05) is 43.3 Å². The molecule has 2 aromatic carbocycles. The molecule has 0 aromatic heterocycles. The quantitative estimate of drug-likeness (QED) is 0.124.